The molecule has 1 aliphatic heterocycles. The zero-order chi connectivity index (χ0) is 17.9. The Hall–Kier alpha value is -1.63. The van der Waals surface area contributed by atoms with Gasteiger partial charge in [-0.25, -0.2) is 0 Å². The summed E-state index contributed by atoms with van der Waals surface area (Å²) in [5.74, 6) is 2.78. The van der Waals surface area contributed by atoms with Crippen LogP contribution in [0.25, 0.3) is 0 Å². The third kappa shape index (κ3) is 7.02. The minimum atomic E-state index is 0.820. The van der Waals surface area contributed by atoms with Crippen LogP contribution in [-0.2, 0) is 13.0 Å². The third-order valence-electron chi connectivity index (χ3n) is 4.64. The molecule has 0 bridgehead atoms. The van der Waals surface area contributed by atoms with Gasteiger partial charge in [0.05, 0.1) is 0 Å². The number of piperidine rings is 1. The van der Waals surface area contributed by atoms with Crippen molar-refractivity contribution in [3.05, 3.63) is 12.2 Å². The number of nitrogens with zero attached hydrogens (tertiary/aromatic N) is 5. The molecule has 7 heteroatoms. The predicted molar refractivity (Wildman–Crippen MR) is 103 cm³/mol. The fraction of sp³-hybridized carbons (Fsp3) is 0.833. The molecule has 1 saturated heterocycles. The van der Waals surface area contributed by atoms with Crippen LogP contribution in [0.1, 0.15) is 45.9 Å². The first kappa shape index (κ1) is 19.7. The second-order valence-corrected chi connectivity index (χ2v) is 6.88. The van der Waals surface area contributed by atoms with E-state index in [-0.39, 0.29) is 0 Å². The highest BCUT2D eigenvalue weighted by Gasteiger charge is 2.15. The quantitative estimate of drug-likeness (QED) is 0.402. The van der Waals surface area contributed by atoms with Crippen molar-refractivity contribution in [3.63, 3.8) is 0 Å². The molecule has 25 heavy (non-hydrogen) atoms. The number of nitrogens with one attached hydrogen (secondary N) is 2. The molecule has 2 heterocycles. The van der Waals surface area contributed by atoms with E-state index in [1.54, 1.807) is 6.33 Å². The van der Waals surface area contributed by atoms with Crippen LogP contribution in [0.3, 0.4) is 0 Å². The van der Waals surface area contributed by atoms with Gasteiger partial charge in [0.2, 0.25) is 0 Å². The number of hydrogen-bond donors (Lipinski definition) is 2. The maximum atomic E-state index is 4.71. The van der Waals surface area contributed by atoms with Crippen LogP contribution >= 0.6 is 0 Å². The van der Waals surface area contributed by atoms with Crippen LogP contribution in [-0.4, -0.2) is 64.9 Å². The Balaban J connectivity index is 1.68. The second kappa shape index (κ2) is 11.1. The van der Waals surface area contributed by atoms with Gasteiger partial charge in [-0.1, -0.05) is 13.8 Å². The molecule has 1 unspecified atom stereocenters. The van der Waals surface area contributed by atoms with Crippen molar-refractivity contribution < 1.29 is 0 Å². The molecule has 1 fully saturated rings. The molecule has 0 aromatic carbocycles. The molecule has 1 aromatic rings. The lowest BCUT2D eigenvalue weighted by molar-refractivity contribution is 0.183. The van der Waals surface area contributed by atoms with E-state index in [4.69, 9.17) is 4.99 Å². The van der Waals surface area contributed by atoms with Gasteiger partial charge in [0.25, 0.3) is 0 Å². The van der Waals surface area contributed by atoms with Crippen molar-refractivity contribution in [1.29, 1.82) is 0 Å². The lowest BCUT2D eigenvalue weighted by Crippen LogP contribution is -2.39. The normalized spacial score (nSPS) is 19.2. The number of aryl methyl sites for hydroxylation is 1. The zero-order valence-corrected chi connectivity index (χ0v) is 16.2. The maximum Gasteiger partial charge on any atom is 0.191 e. The molecule has 1 aromatic heterocycles. The Morgan fingerprint density at radius 3 is 2.96 bits per heavy atom. The molecule has 0 saturated carbocycles. The van der Waals surface area contributed by atoms with Crippen molar-refractivity contribution in [2.75, 3.05) is 39.3 Å². The van der Waals surface area contributed by atoms with E-state index in [9.17, 15) is 0 Å². The van der Waals surface area contributed by atoms with E-state index in [0.717, 1.165) is 63.3 Å². The Morgan fingerprint density at radius 2 is 2.20 bits per heavy atom. The Kier molecular flexibility index (Phi) is 8.72. The highest BCUT2D eigenvalue weighted by Crippen LogP contribution is 2.15. The molecule has 2 N–H and O–H groups in total. The van der Waals surface area contributed by atoms with Gasteiger partial charge in [0.15, 0.2) is 5.96 Å². The number of likely N-dealkylation sites (tertiary alicyclic amines) is 1. The summed E-state index contributed by atoms with van der Waals surface area (Å²) in [4.78, 5) is 7.29. The predicted octanol–water partition coefficient (Wildman–Crippen LogP) is 1.52. The van der Waals surface area contributed by atoms with E-state index in [2.05, 4.69) is 51.1 Å². The minimum absolute atomic E-state index is 0.820. The summed E-state index contributed by atoms with van der Waals surface area (Å²) >= 11 is 0. The number of aliphatic imine (C=N–C) groups is 1. The maximum absolute atomic E-state index is 4.71. The van der Waals surface area contributed by atoms with Gasteiger partial charge in [-0.05, 0) is 45.2 Å². The first-order valence-corrected chi connectivity index (χ1v) is 9.84. The van der Waals surface area contributed by atoms with E-state index >= 15 is 0 Å². The zero-order valence-electron chi connectivity index (χ0n) is 16.2. The lowest BCUT2D eigenvalue weighted by atomic mass is 10.0. The van der Waals surface area contributed by atoms with E-state index < -0.39 is 0 Å². The topological polar surface area (TPSA) is 70.4 Å². The van der Waals surface area contributed by atoms with Crippen molar-refractivity contribution in [3.8, 4) is 0 Å². The van der Waals surface area contributed by atoms with Crippen molar-refractivity contribution >= 4 is 5.96 Å². The smallest absolute Gasteiger partial charge is 0.191 e. The summed E-state index contributed by atoms with van der Waals surface area (Å²) in [5.41, 5.74) is 0. The van der Waals surface area contributed by atoms with Crippen molar-refractivity contribution in [1.82, 2.24) is 30.3 Å². The summed E-state index contributed by atoms with van der Waals surface area (Å²) in [6.07, 6.45) is 6.55. The summed E-state index contributed by atoms with van der Waals surface area (Å²) in [5, 5.41) is 14.8. The summed E-state index contributed by atoms with van der Waals surface area (Å²) in [6, 6.07) is 0. The van der Waals surface area contributed by atoms with E-state index in [1.165, 1.54) is 25.9 Å². The van der Waals surface area contributed by atoms with Gasteiger partial charge in [0.1, 0.15) is 12.2 Å². The number of rotatable bonds is 9. The van der Waals surface area contributed by atoms with Crippen LogP contribution < -0.4 is 10.6 Å². The molecule has 7 nitrogen and oxygen atoms in total. The van der Waals surface area contributed by atoms with Gasteiger partial charge < -0.3 is 20.1 Å². The highest BCUT2D eigenvalue weighted by atomic mass is 15.3. The van der Waals surface area contributed by atoms with Crippen LogP contribution in [0.4, 0.5) is 0 Å². The molecule has 0 amide bonds. The Morgan fingerprint density at radius 1 is 1.32 bits per heavy atom. The SMILES string of the molecule is CCNC(=NCCCN1CCCC(C)C1)NCCn1cnnc1CC. The van der Waals surface area contributed by atoms with Gasteiger partial charge in [-0.15, -0.1) is 10.2 Å². The fourth-order valence-corrected chi connectivity index (χ4v) is 3.35. The van der Waals surface area contributed by atoms with Crippen LogP contribution in [0.2, 0.25) is 0 Å². The standard InChI is InChI=1S/C18H35N7/c1-4-17-23-22-15-25(17)13-10-21-18(19-5-2)20-9-7-12-24-11-6-8-16(3)14-24/h15-16H,4-14H2,1-3H3,(H2,19,20,21). The Bertz CT molecular complexity index is 511. The van der Waals surface area contributed by atoms with Crippen LogP contribution in [0.5, 0.6) is 0 Å². The number of aromatic nitrogens is 3. The molecule has 0 spiro atoms. The second-order valence-electron chi connectivity index (χ2n) is 6.88. The summed E-state index contributed by atoms with van der Waals surface area (Å²) < 4.78 is 2.09. The molecular formula is C18H35N7. The third-order valence-corrected chi connectivity index (χ3v) is 4.64. The minimum Gasteiger partial charge on any atom is -0.357 e. The van der Waals surface area contributed by atoms with Gasteiger partial charge in [-0.3, -0.25) is 4.99 Å². The molecule has 0 radical (unpaired) electrons. The monoisotopic (exact) mass is 349 g/mol. The molecule has 1 atom stereocenters. The Labute approximate surface area is 152 Å². The molecule has 0 aliphatic carbocycles. The fourth-order valence-electron chi connectivity index (χ4n) is 3.35. The molecule has 2 rings (SSSR count). The average molecular weight is 350 g/mol. The van der Waals surface area contributed by atoms with Gasteiger partial charge in [-0.2, -0.15) is 0 Å². The van der Waals surface area contributed by atoms with Gasteiger partial charge >= 0.3 is 0 Å². The molecule has 142 valence electrons. The number of hydrogen-bond acceptors (Lipinski definition) is 4. The first-order chi connectivity index (χ1) is 12.2. The molecule has 1 aliphatic rings. The average Bonchev–Trinajstić information content (AvgIpc) is 3.06. The first-order valence-electron chi connectivity index (χ1n) is 9.84. The summed E-state index contributed by atoms with van der Waals surface area (Å²) in [6.45, 7) is 13.6. The van der Waals surface area contributed by atoms with Crippen LogP contribution in [0, 0.1) is 5.92 Å². The van der Waals surface area contributed by atoms with Gasteiger partial charge in [0, 0.05) is 39.1 Å². The largest absolute Gasteiger partial charge is 0.357 e. The van der Waals surface area contributed by atoms with Crippen molar-refractivity contribution in [2.45, 2.75) is 53.0 Å². The van der Waals surface area contributed by atoms with E-state index in [0.29, 0.717) is 0 Å². The van der Waals surface area contributed by atoms with Crippen LogP contribution in [0.15, 0.2) is 11.3 Å². The number of guanidine groups is 1. The lowest BCUT2D eigenvalue weighted by Gasteiger charge is -2.30. The van der Waals surface area contributed by atoms with E-state index in [1.807, 2.05) is 0 Å². The highest BCUT2D eigenvalue weighted by molar-refractivity contribution is 5.79. The van der Waals surface area contributed by atoms with Crippen molar-refractivity contribution in [2.24, 2.45) is 10.9 Å². The summed E-state index contributed by atoms with van der Waals surface area (Å²) in [7, 11) is 0. The molecular weight excluding hydrogens is 314 g/mol.